The lowest BCUT2D eigenvalue weighted by Crippen LogP contribution is -2.43. The number of carbonyl (C=O) groups excluding carboxylic acids is 1. The topological polar surface area (TPSA) is 83.3 Å². The molecule has 1 aromatic carbocycles. The third-order valence-electron chi connectivity index (χ3n) is 2.96. The summed E-state index contributed by atoms with van der Waals surface area (Å²) in [5, 5.41) is 18.9. The number of carbonyl (C=O) groups is 1. The van der Waals surface area contributed by atoms with Gasteiger partial charge in [0, 0.05) is 12.7 Å². The van der Waals surface area contributed by atoms with Gasteiger partial charge in [-0.3, -0.25) is 0 Å². The fourth-order valence-corrected chi connectivity index (χ4v) is 1.74. The fourth-order valence-electron chi connectivity index (χ4n) is 1.74. The Morgan fingerprint density at radius 1 is 1.48 bits per heavy atom. The molecule has 1 atom stereocenters. The molecule has 0 radical (unpaired) electrons. The fraction of sp³-hybridized carbons (Fsp3) is 0.308. The second kappa shape index (κ2) is 6.65. The van der Waals surface area contributed by atoms with E-state index in [-0.39, 0.29) is 0 Å². The van der Waals surface area contributed by atoms with Crippen molar-refractivity contribution in [2.24, 2.45) is 0 Å². The number of hydrogen-bond acceptors (Lipinski definition) is 4. The molecule has 0 spiro atoms. The molecule has 2 amide bonds. The Balaban J connectivity index is 2.01. The third kappa shape index (κ3) is 4.42. The van der Waals surface area contributed by atoms with Crippen molar-refractivity contribution >= 4 is 11.7 Å². The summed E-state index contributed by atoms with van der Waals surface area (Å²) in [7, 11) is 1.16. The van der Waals surface area contributed by atoms with Crippen LogP contribution in [0.2, 0.25) is 0 Å². The average Bonchev–Trinajstić information content (AvgIpc) is 3.00. The summed E-state index contributed by atoms with van der Waals surface area (Å²) >= 11 is 0. The van der Waals surface area contributed by atoms with Gasteiger partial charge in [-0.15, -0.1) is 5.10 Å². The van der Waals surface area contributed by atoms with Crippen molar-refractivity contribution < 1.29 is 23.1 Å². The third-order valence-corrected chi connectivity index (χ3v) is 2.96. The highest BCUT2D eigenvalue weighted by Crippen LogP contribution is 2.21. The van der Waals surface area contributed by atoms with E-state index in [2.05, 4.69) is 15.6 Å². The molecular weight excluding hydrogens is 315 g/mol. The van der Waals surface area contributed by atoms with Crippen LogP contribution in [0.25, 0.3) is 5.69 Å². The molecule has 1 heterocycles. The highest BCUT2D eigenvalue weighted by atomic mass is 19.4. The Bertz CT molecular complexity index is 660. The number of aliphatic hydroxyl groups excluding tert-OH is 1. The van der Waals surface area contributed by atoms with Gasteiger partial charge in [0.05, 0.1) is 24.6 Å². The second-order valence-electron chi connectivity index (χ2n) is 4.77. The van der Waals surface area contributed by atoms with E-state index in [1.165, 1.54) is 10.9 Å². The molecule has 0 bridgehead atoms. The monoisotopic (exact) mass is 329 g/mol. The number of anilines is 1. The standard InChI is InChI=1S/C13H14F3N5O2/c1-20(8-11(22)13(14,15)16)12(23)18-9-3-2-4-10(7-9)21-6-5-17-19-21/h2-7,11,22H,8H2,1H3,(H,18,23). The quantitative estimate of drug-likeness (QED) is 0.893. The van der Waals surface area contributed by atoms with Crippen molar-refractivity contribution in [3.63, 3.8) is 0 Å². The largest absolute Gasteiger partial charge is 0.416 e. The molecule has 10 heteroatoms. The Morgan fingerprint density at radius 3 is 2.83 bits per heavy atom. The first-order chi connectivity index (χ1) is 10.8. The summed E-state index contributed by atoms with van der Waals surface area (Å²) in [5.74, 6) is 0. The molecule has 0 aliphatic carbocycles. The number of hydrogen-bond donors (Lipinski definition) is 2. The first-order valence-electron chi connectivity index (χ1n) is 6.51. The molecule has 0 fully saturated rings. The van der Waals surface area contributed by atoms with E-state index in [9.17, 15) is 18.0 Å². The zero-order valence-electron chi connectivity index (χ0n) is 12.0. The van der Waals surface area contributed by atoms with Crippen LogP contribution < -0.4 is 5.32 Å². The van der Waals surface area contributed by atoms with Gasteiger partial charge in [-0.05, 0) is 18.2 Å². The van der Waals surface area contributed by atoms with Gasteiger partial charge in [-0.2, -0.15) is 13.2 Å². The number of urea groups is 1. The van der Waals surface area contributed by atoms with E-state index < -0.39 is 24.9 Å². The van der Waals surface area contributed by atoms with Crippen LogP contribution >= 0.6 is 0 Å². The van der Waals surface area contributed by atoms with Gasteiger partial charge < -0.3 is 15.3 Å². The first-order valence-corrected chi connectivity index (χ1v) is 6.51. The molecule has 23 heavy (non-hydrogen) atoms. The first kappa shape index (κ1) is 16.7. The minimum Gasteiger partial charge on any atom is -0.382 e. The number of nitrogens with zero attached hydrogens (tertiary/aromatic N) is 4. The van der Waals surface area contributed by atoms with Crippen molar-refractivity contribution in [2.75, 3.05) is 18.9 Å². The van der Waals surface area contributed by atoms with Crippen molar-refractivity contribution in [3.8, 4) is 5.69 Å². The van der Waals surface area contributed by atoms with Crippen LogP contribution in [0.4, 0.5) is 23.7 Å². The predicted octanol–water partition coefficient (Wildman–Crippen LogP) is 1.65. The van der Waals surface area contributed by atoms with Crippen LogP contribution in [0.1, 0.15) is 0 Å². The van der Waals surface area contributed by atoms with Crippen LogP contribution in [0, 0.1) is 0 Å². The Morgan fingerprint density at radius 2 is 2.22 bits per heavy atom. The normalized spacial score (nSPS) is 12.7. The Hall–Kier alpha value is -2.62. The Labute approximate surface area is 129 Å². The molecule has 124 valence electrons. The molecule has 2 rings (SSSR count). The number of benzene rings is 1. The number of aliphatic hydroxyl groups is 1. The number of halogens is 3. The summed E-state index contributed by atoms with van der Waals surface area (Å²) in [5.41, 5.74) is 0.995. The zero-order valence-corrected chi connectivity index (χ0v) is 12.0. The molecule has 2 aromatic rings. The van der Waals surface area contributed by atoms with Gasteiger partial charge in [-0.25, -0.2) is 9.48 Å². The van der Waals surface area contributed by atoms with Crippen LogP contribution in [0.5, 0.6) is 0 Å². The molecule has 0 aliphatic rings. The molecule has 7 nitrogen and oxygen atoms in total. The molecule has 0 saturated heterocycles. The summed E-state index contributed by atoms with van der Waals surface area (Å²) in [4.78, 5) is 12.6. The van der Waals surface area contributed by atoms with Crippen molar-refractivity contribution in [3.05, 3.63) is 36.7 Å². The molecule has 2 N–H and O–H groups in total. The van der Waals surface area contributed by atoms with Gasteiger partial charge in [0.25, 0.3) is 0 Å². The van der Waals surface area contributed by atoms with Crippen molar-refractivity contribution in [1.29, 1.82) is 0 Å². The molecule has 1 unspecified atom stereocenters. The summed E-state index contributed by atoms with van der Waals surface area (Å²) in [6.45, 7) is -0.863. The van der Waals surface area contributed by atoms with Gasteiger partial charge in [0.15, 0.2) is 6.10 Å². The SMILES string of the molecule is CN(CC(O)C(F)(F)F)C(=O)Nc1cccc(-n2ccnn2)c1. The van der Waals surface area contributed by atoms with E-state index in [0.29, 0.717) is 11.4 Å². The summed E-state index contributed by atoms with van der Waals surface area (Å²) in [6.07, 6.45) is -4.29. The highest BCUT2D eigenvalue weighted by Gasteiger charge is 2.39. The number of aromatic nitrogens is 3. The molecule has 1 aromatic heterocycles. The zero-order chi connectivity index (χ0) is 17.0. The van der Waals surface area contributed by atoms with Gasteiger partial charge in [0.2, 0.25) is 0 Å². The summed E-state index contributed by atoms with van der Waals surface area (Å²) in [6, 6.07) is 5.76. The minimum absolute atomic E-state index is 0.372. The van der Waals surface area contributed by atoms with Gasteiger partial charge in [-0.1, -0.05) is 11.3 Å². The maximum absolute atomic E-state index is 12.3. The van der Waals surface area contributed by atoms with E-state index in [1.54, 1.807) is 30.5 Å². The lowest BCUT2D eigenvalue weighted by Gasteiger charge is -2.22. The number of likely N-dealkylation sites (N-methyl/N-ethyl adjacent to an activating group) is 1. The smallest absolute Gasteiger partial charge is 0.382 e. The van der Waals surface area contributed by atoms with Crippen molar-refractivity contribution in [1.82, 2.24) is 19.9 Å². The van der Waals surface area contributed by atoms with E-state index in [4.69, 9.17) is 5.11 Å². The van der Waals surface area contributed by atoms with Crippen molar-refractivity contribution in [2.45, 2.75) is 12.3 Å². The van der Waals surface area contributed by atoms with Crippen LogP contribution in [-0.2, 0) is 0 Å². The number of alkyl halides is 3. The van der Waals surface area contributed by atoms with E-state index >= 15 is 0 Å². The maximum atomic E-state index is 12.3. The Kier molecular flexibility index (Phi) is 4.84. The number of rotatable bonds is 4. The average molecular weight is 329 g/mol. The number of amides is 2. The lowest BCUT2D eigenvalue weighted by molar-refractivity contribution is -0.205. The van der Waals surface area contributed by atoms with Gasteiger partial charge in [0.1, 0.15) is 0 Å². The highest BCUT2D eigenvalue weighted by molar-refractivity contribution is 5.89. The minimum atomic E-state index is -4.78. The van der Waals surface area contributed by atoms with Crippen LogP contribution in [0.3, 0.4) is 0 Å². The number of nitrogens with one attached hydrogen (secondary N) is 1. The van der Waals surface area contributed by atoms with E-state index in [0.717, 1.165) is 11.9 Å². The molecule has 0 aliphatic heterocycles. The van der Waals surface area contributed by atoms with E-state index in [1.807, 2.05) is 0 Å². The van der Waals surface area contributed by atoms with Gasteiger partial charge >= 0.3 is 12.2 Å². The molecule has 0 saturated carbocycles. The predicted molar refractivity (Wildman–Crippen MR) is 75.1 cm³/mol. The summed E-state index contributed by atoms with van der Waals surface area (Å²) < 4.78 is 38.3. The lowest BCUT2D eigenvalue weighted by atomic mass is 10.3. The van der Waals surface area contributed by atoms with Crippen LogP contribution in [0.15, 0.2) is 36.7 Å². The second-order valence-corrected chi connectivity index (χ2v) is 4.77. The van der Waals surface area contributed by atoms with Crippen LogP contribution in [-0.4, -0.2) is 56.9 Å². The molecular formula is C13H14F3N5O2. The maximum Gasteiger partial charge on any atom is 0.416 e.